The number of hydrogen-bond donors (Lipinski definition) is 1. The fourth-order valence-electron chi connectivity index (χ4n) is 1.97. The SMILES string of the molecule is Cc1ccc([S@](=O)N[C@@](C)(C#N)c2ccc([N+](=O)[O-])cc2)cc1. The monoisotopic (exact) mass is 329 g/mol. The van der Waals surface area contributed by atoms with Crippen molar-refractivity contribution in [2.45, 2.75) is 24.3 Å². The lowest BCUT2D eigenvalue weighted by atomic mass is 9.95. The van der Waals surface area contributed by atoms with Crippen LogP contribution in [0.3, 0.4) is 0 Å². The Bertz CT molecular complexity index is 782. The van der Waals surface area contributed by atoms with Gasteiger partial charge in [-0.1, -0.05) is 17.7 Å². The summed E-state index contributed by atoms with van der Waals surface area (Å²) in [5.74, 6) is 0. The molecule has 0 unspecified atom stereocenters. The highest BCUT2D eigenvalue weighted by Crippen LogP contribution is 2.24. The van der Waals surface area contributed by atoms with Gasteiger partial charge in [-0.15, -0.1) is 0 Å². The molecule has 0 heterocycles. The number of benzene rings is 2. The number of nitriles is 1. The minimum absolute atomic E-state index is 0.0614. The van der Waals surface area contributed by atoms with Crippen molar-refractivity contribution in [3.05, 3.63) is 69.8 Å². The molecule has 0 aliphatic heterocycles. The van der Waals surface area contributed by atoms with Crippen LogP contribution in [-0.2, 0) is 16.5 Å². The second kappa shape index (κ2) is 6.69. The van der Waals surface area contributed by atoms with Crippen molar-refractivity contribution in [3.8, 4) is 6.07 Å². The van der Waals surface area contributed by atoms with Crippen molar-refractivity contribution in [1.82, 2.24) is 4.72 Å². The first kappa shape index (κ1) is 16.8. The smallest absolute Gasteiger partial charge is 0.258 e. The highest BCUT2D eigenvalue weighted by Gasteiger charge is 2.29. The first-order valence-corrected chi connectivity index (χ1v) is 7.93. The number of nitrogens with zero attached hydrogens (tertiary/aromatic N) is 2. The quantitative estimate of drug-likeness (QED) is 0.673. The lowest BCUT2D eigenvalue weighted by Gasteiger charge is -2.23. The average Bonchev–Trinajstić information content (AvgIpc) is 2.55. The van der Waals surface area contributed by atoms with Gasteiger partial charge in [-0.05, 0) is 43.7 Å². The van der Waals surface area contributed by atoms with Gasteiger partial charge in [0.15, 0.2) is 0 Å². The molecule has 0 saturated carbocycles. The first-order chi connectivity index (χ1) is 10.9. The van der Waals surface area contributed by atoms with E-state index in [1.54, 1.807) is 19.1 Å². The third-order valence-corrected chi connectivity index (χ3v) is 4.70. The summed E-state index contributed by atoms with van der Waals surface area (Å²) in [6.07, 6.45) is 0. The Kier molecular flexibility index (Phi) is 4.89. The summed E-state index contributed by atoms with van der Waals surface area (Å²) in [6.45, 7) is 3.51. The van der Waals surface area contributed by atoms with Gasteiger partial charge >= 0.3 is 0 Å². The minimum Gasteiger partial charge on any atom is -0.258 e. The second-order valence-electron chi connectivity index (χ2n) is 5.22. The van der Waals surface area contributed by atoms with Gasteiger partial charge < -0.3 is 0 Å². The van der Waals surface area contributed by atoms with Crippen LogP contribution >= 0.6 is 0 Å². The largest absolute Gasteiger partial charge is 0.269 e. The summed E-state index contributed by atoms with van der Waals surface area (Å²) >= 11 is 0. The molecule has 0 fully saturated rings. The Morgan fingerprint density at radius 3 is 2.22 bits per heavy atom. The Balaban J connectivity index is 2.26. The molecule has 0 aromatic heterocycles. The molecule has 2 aromatic rings. The molecule has 0 saturated heterocycles. The molecule has 6 nitrogen and oxygen atoms in total. The van der Waals surface area contributed by atoms with E-state index in [4.69, 9.17) is 0 Å². The van der Waals surface area contributed by atoms with Crippen LogP contribution in [0.1, 0.15) is 18.1 Å². The van der Waals surface area contributed by atoms with Gasteiger partial charge in [0.05, 0.1) is 15.9 Å². The Labute approximate surface area is 136 Å². The van der Waals surface area contributed by atoms with E-state index in [9.17, 15) is 19.6 Å². The number of aryl methyl sites for hydroxylation is 1. The van der Waals surface area contributed by atoms with E-state index in [0.29, 0.717) is 10.5 Å². The van der Waals surface area contributed by atoms with Crippen molar-refractivity contribution in [1.29, 1.82) is 5.26 Å². The van der Waals surface area contributed by atoms with E-state index in [1.807, 2.05) is 19.1 Å². The van der Waals surface area contributed by atoms with Gasteiger partial charge in [0, 0.05) is 12.1 Å². The molecule has 1 N–H and O–H groups in total. The molecule has 0 aliphatic carbocycles. The fraction of sp³-hybridized carbons (Fsp3) is 0.188. The number of nitro groups is 1. The number of non-ortho nitro benzene ring substituents is 1. The summed E-state index contributed by atoms with van der Waals surface area (Å²) in [4.78, 5) is 10.7. The summed E-state index contributed by atoms with van der Waals surface area (Å²) < 4.78 is 15.2. The lowest BCUT2D eigenvalue weighted by molar-refractivity contribution is -0.384. The maximum Gasteiger partial charge on any atom is 0.269 e. The van der Waals surface area contributed by atoms with Crippen LogP contribution in [0.15, 0.2) is 53.4 Å². The molecule has 0 radical (unpaired) electrons. The van der Waals surface area contributed by atoms with E-state index >= 15 is 0 Å². The molecule has 0 bridgehead atoms. The van der Waals surface area contributed by atoms with Crippen LogP contribution in [0.25, 0.3) is 0 Å². The summed E-state index contributed by atoms with van der Waals surface area (Å²) in [6, 6.07) is 14.8. The molecule has 23 heavy (non-hydrogen) atoms. The van der Waals surface area contributed by atoms with Gasteiger partial charge in [-0.25, -0.2) is 8.93 Å². The van der Waals surface area contributed by atoms with Gasteiger partial charge in [0.1, 0.15) is 16.5 Å². The lowest BCUT2D eigenvalue weighted by Crippen LogP contribution is -2.39. The topological polar surface area (TPSA) is 96.0 Å². The van der Waals surface area contributed by atoms with Crippen molar-refractivity contribution >= 4 is 16.7 Å². The Morgan fingerprint density at radius 1 is 1.17 bits per heavy atom. The Hall–Kier alpha value is -2.56. The predicted octanol–water partition coefficient (Wildman–Crippen LogP) is 2.95. The van der Waals surface area contributed by atoms with Crippen molar-refractivity contribution < 1.29 is 9.13 Å². The second-order valence-corrected chi connectivity index (χ2v) is 6.44. The average molecular weight is 329 g/mol. The molecule has 118 valence electrons. The third-order valence-electron chi connectivity index (χ3n) is 3.41. The fourth-order valence-corrected chi connectivity index (χ4v) is 3.00. The number of nitrogens with one attached hydrogen (secondary N) is 1. The van der Waals surface area contributed by atoms with Crippen LogP contribution in [0, 0.1) is 28.4 Å². The van der Waals surface area contributed by atoms with E-state index in [0.717, 1.165) is 5.56 Å². The molecule has 7 heteroatoms. The highest BCUT2D eigenvalue weighted by atomic mass is 32.2. The maximum absolute atomic E-state index is 12.4. The summed E-state index contributed by atoms with van der Waals surface area (Å²) in [7, 11) is -1.58. The molecule has 2 atom stereocenters. The van der Waals surface area contributed by atoms with E-state index in [2.05, 4.69) is 10.8 Å². The zero-order chi connectivity index (χ0) is 17.0. The first-order valence-electron chi connectivity index (χ1n) is 6.78. The maximum atomic E-state index is 12.4. The summed E-state index contributed by atoms with van der Waals surface area (Å²) in [5, 5.41) is 20.2. The molecule has 0 spiro atoms. The number of nitro benzene ring substituents is 1. The van der Waals surface area contributed by atoms with E-state index in [-0.39, 0.29) is 5.69 Å². The van der Waals surface area contributed by atoms with Gasteiger partial charge in [-0.2, -0.15) is 5.26 Å². The minimum atomic E-state index is -1.58. The molecular weight excluding hydrogens is 314 g/mol. The van der Waals surface area contributed by atoms with Crippen molar-refractivity contribution in [3.63, 3.8) is 0 Å². The Morgan fingerprint density at radius 2 is 1.74 bits per heavy atom. The molecular formula is C16H15N3O3S. The zero-order valence-electron chi connectivity index (χ0n) is 12.6. The summed E-state index contributed by atoms with van der Waals surface area (Å²) in [5.41, 5.74) is 0.258. The highest BCUT2D eigenvalue weighted by molar-refractivity contribution is 7.83. The van der Waals surface area contributed by atoms with E-state index in [1.165, 1.54) is 24.3 Å². The van der Waals surface area contributed by atoms with Gasteiger partial charge in [-0.3, -0.25) is 10.1 Å². The van der Waals surface area contributed by atoms with Crippen LogP contribution in [0.5, 0.6) is 0 Å². The standard InChI is InChI=1S/C16H15N3O3S/c1-12-3-9-15(10-4-12)23(22)18-16(2,11-17)13-5-7-14(8-6-13)19(20)21/h3-10,18H,1-2H3/t16-,23-/m0/s1. The van der Waals surface area contributed by atoms with Crippen molar-refractivity contribution in [2.75, 3.05) is 0 Å². The molecule has 0 amide bonds. The molecule has 2 rings (SSSR count). The predicted molar refractivity (Wildman–Crippen MR) is 86.8 cm³/mol. The van der Waals surface area contributed by atoms with E-state index < -0.39 is 21.4 Å². The van der Waals surface area contributed by atoms with Gasteiger partial charge in [0.25, 0.3) is 5.69 Å². The van der Waals surface area contributed by atoms with Gasteiger partial charge in [0.2, 0.25) is 0 Å². The van der Waals surface area contributed by atoms with Crippen LogP contribution in [-0.4, -0.2) is 9.13 Å². The number of rotatable bonds is 5. The molecule has 0 aliphatic rings. The molecule has 2 aromatic carbocycles. The number of hydrogen-bond acceptors (Lipinski definition) is 4. The zero-order valence-corrected chi connectivity index (χ0v) is 13.5. The normalized spacial score (nSPS) is 14.5. The van der Waals surface area contributed by atoms with Crippen LogP contribution < -0.4 is 4.72 Å². The van der Waals surface area contributed by atoms with Crippen LogP contribution in [0.4, 0.5) is 5.69 Å². The third kappa shape index (κ3) is 3.80. The van der Waals surface area contributed by atoms with Crippen molar-refractivity contribution in [2.24, 2.45) is 0 Å². The van der Waals surface area contributed by atoms with Crippen LogP contribution in [0.2, 0.25) is 0 Å².